The number of aromatic nitrogens is 1. The van der Waals surface area contributed by atoms with Crippen molar-refractivity contribution in [1.82, 2.24) is 10.3 Å². The molecular formula is C11H17ClN2O. The predicted molar refractivity (Wildman–Crippen MR) is 61.8 cm³/mol. The van der Waals surface area contributed by atoms with Crippen molar-refractivity contribution < 1.29 is 5.11 Å². The normalized spacial score (nSPS) is 13.9. The summed E-state index contributed by atoms with van der Waals surface area (Å²) >= 11 is 5.97. The van der Waals surface area contributed by atoms with E-state index in [1.165, 1.54) is 0 Å². The Morgan fingerprint density at radius 2 is 2.27 bits per heavy atom. The smallest absolute Gasteiger partial charge is 0.0688 e. The highest BCUT2D eigenvalue weighted by Gasteiger charge is 2.23. The van der Waals surface area contributed by atoms with Gasteiger partial charge in [-0.15, -0.1) is 0 Å². The van der Waals surface area contributed by atoms with E-state index in [9.17, 15) is 5.11 Å². The van der Waals surface area contributed by atoms with Crippen LogP contribution < -0.4 is 5.32 Å². The molecule has 4 heteroatoms. The van der Waals surface area contributed by atoms with E-state index in [2.05, 4.69) is 10.3 Å². The van der Waals surface area contributed by atoms with E-state index >= 15 is 0 Å². The Labute approximate surface area is 95.5 Å². The van der Waals surface area contributed by atoms with Gasteiger partial charge >= 0.3 is 0 Å². The van der Waals surface area contributed by atoms with Crippen LogP contribution in [0.25, 0.3) is 0 Å². The van der Waals surface area contributed by atoms with Crippen LogP contribution in [0.15, 0.2) is 18.5 Å². The quantitative estimate of drug-likeness (QED) is 0.829. The van der Waals surface area contributed by atoms with Crippen molar-refractivity contribution >= 4 is 11.6 Å². The Balaban J connectivity index is 2.62. The summed E-state index contributed by atoms with van der Waals surface area (Å²) in [6, 6.07) is 1.87. The fraction of sp³-hybridized carbons (Fsp3) is 0.545. The Hall–Kier alpha value is -0.640. The van der Waals surface area contributed by atoms with Gasteiger partial charge in [0.05, 0.1) is 11.1 Å². The number of aliphatic hydroxyl groups excluding tert-OH is 1. The van der Waals surface area contributed by atoms with Gasteiger partial charge in [0.1, 0.15) is 0 Å². The number of nitrogens with zero attached hydrogens (tertiary/aromatic N) is 1. The van der Waals surface area contributed by atoms with Gasteiger partial charge in [0, 0.05) is 24.5 Å². The van der Waals surface area contributed by atoms with E-state index in [1.807, 2.05) is 19.9 Å². The average Bonchev–Trinajstić information content (AvgIpc) is 2.16. The number of pyridine rings is 1. The molecule has 0 radical (unpaired) electrons. The van der Waals surface area contributed by atoms with Gasteiger partial charge in [-0.1, -0.05) is 11.6 Å². The van der Waals surface area contributed by atoms with Crippen LogP contribution in [0.5, 0.6) is 0 Å². The summed E-state index contributed by atoms with van der Waals surface area (Å²) in [7, 11) is 0. The number of hydrogen-bond acceptors (Lipinski definition) is 3. The molecule has 0 saturated carbocycles. The van der Waals surface area contributed by atoms with Crippen LogP contribution in [0.2, 0.25) is 5.02 Å². The van der Waals surface area contributed by atoms with Crippen molar-refractivity contribution in [3.63, 3.8) is 0 Å². The second-order valence-electron chi connectivity index (χ2n) is 4.22. The molecule has 1 atom stereocenters. The molecule has 0 aromatic carbocycles. The maximum atomic E-state index is 9.52. The Morgan fingerprint density at radius 3 is 2.80 bits per heavy atom. The first-order chi connectivity index (χ1) is 6.93. The summed E-state index contributed by atoms with van der Waals surface area (Å²) in [6.07, 6.45) is 2.91. The monoisotopic (exact) mass is 228 g/mol. The van der Waals surface area contributed by atoms with Gasteiger partial charge in [0.15, 0.2) is 0 Å². The van der Waals surface area contributed by atoms with Crippen LogP contribution in [0, 0.1) is 0 Å². The number of halogens is 1. The lowest BCUT2D eigenvalue weighted by Gasteiger charge is -2.29. The second kappa shape index (κ2) is 4.92. The van der Waals surface area contributed by atoms with Crippen LogP contribution >= 0.6 is 11.6 Å². The van der Waals surface area contributed by atoms with Gasteiger partial charge in [-0.05, 0) is 32.4 Å². The van der Waals surface area contributed by atoms with Crippen molar-refractivity contribution in [3.8, 4) is 0 Å². The predicted octanol–water partition coefficient (Wildman–Crippen LogP) is 1.98. The SMILES string of the molecule is CC(O)C(C)(C)NCc1ccncc1Cl. The molecular weight excluding hydrogens is 212 g/mol. The molecule has 0 amide bonds. The zero-order chi connectivity index (χ0) is 11.5. The highest BCUT2D eigenvalue weighted by molar-refractivity contribution is 6.31. The van der Waals surface area contributed by atoms with Crippen molar-refractivity contribution in [2.45, 2.75) is 39.0 Å². The Bertz CT molecular complexity index is 326. The van der Waals surface area contributed by atoms with Gasteiger partial charge in [-0.25, -0.2) is 0 Å². The number of rotatable bonds is 4. The third kappa shape index (κ3) is 3.45. The van der Waals surface area contributed by atoms with Crippen LogP contribution in [0.1, 0.15) is 26.3 Å². The topological polar surface area (TPSA) is 45.1 Å². The number of hydrogen-bond donors (Lipinski definition) is 2. The van der Waals surface area contributed by atoms with Crippen LogP contribution in [-0.2, 0) is 6.54 Å². The summed E-state index contributed by atoms with van der Waals surface area (Å²) in [5, 5.41) is 13.4. The van der Waals surface area contributed by atoms with Crippen molar-refractivity contribution in [2.75, 3.05) is 0 Å². The van der Waals surface area contributed by atoms with Crippen molar-refractivity contribution in [3.05, 3.63) is 29.0 Å². The molecule has 0 saturated heterocycles. The highest BCUT2D eigenvalue weighted by atomic mass is 35.5. The van der Waals surface area contributed by atoms with E-state index < -0.39 is 6.10 Å². The maximum Gasteiger partial charge on any atom is 0.0688 e. The zero-order valence-corrected chi connectivity index (χ0v) is 10.0. The van der Waals surface area contributed by atoms with E-state index in [1.54, 1.807) is 19.3 Å². The van der Waals surface area contributed by atoms with Gasteiger partial charge in [0.25, 0.3) is 0 Å². The molecule has 0 fully saturated rings. The molecule has 15 heavy (non-hydrogen) atoms. The maximum absolute atomic E-state index is 9.52. The molecule has 3 nitrogen and oxygen atoms in total. The van der Waals surface area contributed by atoms with E-state index in [-0.39, 0.29) is 5.54 Å². The first kappa shape index (κ1) is 12.4. The molecule has 1 aromatic rings. The summed E-state index contributed by atoms with van der Waals surface area (Å²) < 4.78 is 0. The summed E-state index contributed by atoms with van der Waals surface area (Å²) in [5.74, 6) is 0. The molecule has 0 aliphatic carbocycles. The first-order valence-electron chi connectivity index (χ1n) is 4.95. The van der Waals surface area contributed by atoms with Gasteiger partial charge in [-0.3, -0.25) is 4.98 Å². The minimum atomic E-state index is -0.418. The van der Waals surface area contributed by atoms with Crippen molar-refractivity contribution in [1.29, 1.82) is 0 Å². The number of nitrogens with one attached hydrogen (secondary N) is 1. The minimum Gasteiger partial charge on any atom is -0.392 e. The van der Waals surface area contributed by atoms with Gasteiger partial charge < -0.3 is 10.4 Å². The van der Waals surface area contributed by atoms with Crippen LogP contribution in [0.3, 0.4) is 0 Å². The molecule has 0 bridgehead atoms. The standard InChI is InChI=1S/C11H17ClN2O/c1-8(15)11(2,3)14-6-9-4-5-13-7-10(9)12/h4-5,7-8,14-15H,6H2,1-3H3. The largest absolute Gasteiger partial charge is 0.392 e. The van der Waals surface area contributed by atoms with E-state index in [4.69, 9.17) is 11.6 Å². The van der Waals surface area contributed by atoms with E-state index in [0.717, 1.165) is 5.56 Å². The molecule has 1 aromatic heterocycles. The fourth-order valence-electron chi connectivity index (χ4n) is 1.02. The molecule has 0 aliphatic heterocycles. The summed E-state index contributed by atoms with van der Waals surface area (Å²) in [5.41, 5.74) is 0.660. The summed E-state index contributed by atoms with van der Waals surface area (Å²) in [6.45, 7) is 6.29. The summed E-state index contributed by atoms with van der Waals surface area (Å²) in [4.78, 5) is 3.92. The van der Waals surface area contributed by atoms with Gasteiger partial charge in [-0.2, -0.15) is 0 Å². The highest BCUT2D eigenvalue weighted by Crippen LogP contribution is 2.15. The average molecular weight is 229 g/mol. The van der Waals surface area contributed by atoms with Crippen LogP contribution in [-0.4, -0.2) is 21.7 Å². The Morgan fingerprint density at radius 1 is 1.60 bits per heavy atom. The van der Waals surface area contributed by atoms with Crippen LogP contribution in [0.4, 0.5) is 0 Å². The lowest BCUT2D eigenvalue weighted by Crippen LogP contribution is -2.47. The molecule has 0 spiro atoms. The second-order valence-corrected chi connectivity index (χ2v) is 4.63. The molecule has 2 N–H and O–H groups in total. The lowest BCUT2D eigenvalue weighted by atomic mass is 9.98. The van der Waals surface area contributed by atoms with Crippen molar-refractivity contribution in [2.24, 2.45) is 0 Å². The van der Waals surface area contributed by atoms with E-state index in [0.29, 0.717) is 11.6 Å². The molecule has 1 rings (SSSR count). The number of aliphatic hydroxyl groups is 1. The molecule has 0 aliphatic rings. The third-order valence-corrected chi connectivity index (χ3v) is 2.98. The Kier molecular flexibility index (Phi) is 4.08. The lowest BCUT2D eigenvalue weighted by molar-refractivity contribution is 0.0956. The van der Waals surface area contributed by atoms with Gasteiger partial charge in [0.2, 0.25) is 0 Å². The molecule has 1 heterocycles. The fourth-order valence-corrected chi connectivity index (χ4v) is 1.20. The zero-order valence-electron chi connectivity index (χ0n) is 9.29. The third-order valence-electron chi connectivity index (χ3n) is 2.64. The molecule has 84 valence electrons. The minimum absolute atomic E-state index is 0.327. The first-order valence-corrected chi connectivity index (χ1v) is 5.33. The molecule has 1 unspecified atom stereocenters.